The zero-order valence-corrected chi connectivity index (χ0v) is 11.8. The van der Waals surface area contributed by atoms with Gasteiger partial charge in [-0.1, -0.05) is 24.0 Å². The molecule has 1 heterocycles. The van der Waals surface area contributed by atoms with Gasteiger partial charge >= 0.3 is 0 Å². The molecule has 1 aromatic rings. The topological polar surface area (TPSA) is 18.5 Å². The maximum absolute atomic E-state index is 5.81. The van der Waals surface area contributed by atoms with Crippen LogP contribution < -0.4 is 4.74 Å². The molecule has 102 valence electrons. The van der Waals surface area contributed by atoms with Gasteiger partial charge in [0.05, 0.1) is 18.3 Å². The van der Waals surface area contributed by atoms with Gasteiger partial charge in [-0.25, -0.2) is 0 Å². The van der Waals surface area contributed by atoms with Crippen LogP contribution in [0, 0.1) is 11.8 Å². The number of hydrogen-bond donors (Lipinski definition) is 0. The van der Waals surface area contributed by atoms with Gasteiger partial charge in [-0.15, -0.1) is 11.6 Å². The number of rotatable bonds is 5. The van der Waals surface area contributed by atoms with E-state index in [1.807, 2.05) is 24.3 Å². The molecule has 19 heavy (non-hydrogen) atoms. The van der Waals surface area contributed by atoms with E-state index >= 15 is 0 Å². The molecule has 3 heteroatoms. The summed E-state index contributed by atoms with van der Waals surface area (Å²) in [6.07, 6.45) is 4.34. The Balaban J connectivity index is 1.86. The smallest absolute Gasteiger partial charge is 0.134 e. The summed E-state index contributed by atoms with van der Waals surface area (Å²) < 4.78 is 11.4. The Morgan fingerprint density at radius 2 is 2.26 bits per heavy atom. The quantitative estimate of drug-likeness (QED) is 0.605. The molecule has 1 unspecified atom stereocenters. The van der Waals surface area contributed by atoms with Gasteiger partial charge < -0.3 is 9.47 Å². The molecule has 1 aromatic carbocycles. The lowest BCUT2D eigenvalue weighted by molar-refractivity contribution is 0.0903. The van der Waals surface area contributed by atoms with Gasteiger partial charge in [0.1, 0.15) is 5.75 Å². The SMILES string of the molecule is ClCCC#Cc1ccccc1OCCC1CCCO1. The van der Waals surface area contributed by atoms with Crippen molar-refractivity contribution in [1.29, 1.82) is 0 Å². The molecule has 0 amide bonds. The van der Waals surface area contributed by atoms with Crippen molar-refractivity contribution < 1.29 is 9.47 Å². The zero-order valence-electron chi connectivity index (χ0n) is 11.0. The van der Waals surface area contributed by atoms with E-state index in [0.717, 1.165) is 30.8 Å². The molecule has 1 saturated heterocycles. The number of para-hydroxylation sites is 1. The van der Waals surface area contributed by atoms with E-state index in [-0.39, 0.29) is 0 Å². The molecule has 1 atom stereocenters. The lowest BCUT2D eigenvalue weighted by Crippen LogP contribution is -2.11. The molecule has 1 fully saturated rings. The summed E-state index contributed by atoms with van der Waals surface area (Å²) in [4.78, 5) is 0. The van der Waals surface area contributed by atoms with Crippen LogP contribution in [0.1, 0.15) is 31.2 Å². The van der Waals surface area contributed by atoms with Crippen LogP contribution in [0.2, 0.25) is 0 Å². The highest BCUT2D eigenvalue weighted by atomic mass is 35.5. The molecule has 0 saturated carbocycles. The van der Waals surface area contributed by atoms with Crippen LogP contribution in [-0.2, 0) is 4.74 Å². The second kappa shape index (κ2) is 8.09. The molecule has 0 spiro atoms. The number of alkyl halides is 1. The third kappa shape index (κ3) is 4.78. The van der Waals surface area contributed by atoms with Crippen molar-refractivity contribution in [1.82, 2.24) is 0 Å². The fraction of sp³-hybridized carbons (Fsp3) is 0.500. The minimum Gasteiger partial charge on any atom is -0.492 e. The van der Waals surface area contributed by atoms with Crippen molar-refractivity contribution >= 4 is 11.6 Å². The molecule has 0 N–H and O–H groups in total. The van der Waals surface area contributed by atoms with Crippen LogP contribution in [0.25, 0.3) is 0 Å². The Labute approximate surface area is 120 Å². The Morgan fingerprint density at radius 1 is 1.37 bits per heavy atom. The third-order valence-corrected chi connectivity index (χ3v) is 3.24. The van der Waals surface area contributed by atoms with Gasteiger partial charge in [0.25, 0.3) is 0 Å². The molecule has 1 aliphatic heterocycles. The first-order chi connectivity index (χ1) is 9.40. The van der Waals surface area contributed by atoms with Crippen molar-refractivity contribution in [2.75, 3.05) is 19.1 Å². The van der Waals surface area contributed by atoms with Crippen LogP contribution in [0.3, 0.4) is 0 Å². The monoisotopic (exact) mass is 278 g/mol. The van der Waals surface area contributed by atoms with Crippen molar-refractivity contribution in [3.8, 4) is 17.6 Å². The molecule has 0 aliphatic carbocycles. The Morgan fingerprint density at radius 3 is 3.05 bits per heavy atom. The van der Waals surface area contributed by atoms with Gasteiger partial charge in [-0.05, 0) is 25.0 Å². The highest BCUT2D eigenvalue weighted by molar-refractivity contribution is 6.18. The van der Waals surface area contributed by atoms with E-state index in [0.29, 0.717) is 25.0 Å². The number of halogens is 1. The van der Waals surface area contributed by atoms with Gasteiger partial charge in [-0.3, -0.25) is 0 Å². The Hall–Kier alpha value is -1.17. The number of ether oxygens (including phenoxy) is 2. The van der Waals surface area contributed by atoms with Crippen molar-refractivity contribution in [2.24, 2.45) is 0 Å². The lowest BCUT2D eigenvalue weighted by Gasteiger charge is -2.11. The number of hydrogen-bond acceptors (Lipinski definition) is 2. The Kier molecular flexibility index (Phi) is 6.07. The number of benzene rings is 1. The Bertz CT molecular complexity index is 442. The maximum Gasteiger partial charge on any atom is 0.134 e. The molecular formula is C16H19ClO2. The molecule has 0 aromatic heterocycles. The minimum atomic E-state index is 0.370. The summed E-state index contributed by atoms with van der Waals surface area (Å²) in [5.41, 5.74) is 0.931. The summed E-state index contributed by atoms with van der Waals surface area (Å²) in [7, 11) is 0. The summed E-state index contributed by atoms with van der Waals surface area (Å²) in [6, 6.07) is 7.87. The first-order valence-corrected chi connectivity index (χ1v) is 7.32. The van der Waals surface area contributed by atoms with Crippen molar-refractivity contribution in [3.63, 3.8) is 0 Å². The van der Waals surface area contributed by atoms with E-state index in [2.05, 4.69) is 11.8 Å². The van der Waals surface area contributed by atoms with Gasteiger partial charge in [-0.2, -0.15) is 0 Å². The predicted molar refractivity (Wildman–Crippen MR) is 77.7 cm³/mol. The lowest BCUT2D eigenvalue weighted by atomic mass is 10.2. The fourth-order valence-corrected chi connectivity index (χ4v) is 2.17. The second-order valence-corrected chi connectivity index (χ2v) is 4.89. The molecule has 0 radical (unpaired) electrons. The van der Waals surface area contributed by atoms with Crippen LogP contribution in [0.4, 0.5) is 0 Å². The molecule has 1 aliphatic rings. The van der Waals surface area contributed by atoms with E-state index < -0.39 is 0 Å². The first-order valence-electron chi connectivity index (χ1n) is 6.78. The standard InChI is InChI=1S/C16H19ClO2/c17-11-4-3-7-14-6-1-2-9-16(14)19-13-10-15-8-5-12-18-15/h1-2,6,9,15H,4-5,8,10-13H2. The summed E-state index contributed by atoms with van der Waals surface area (Å²) in [5, 5.41) is 0. The van der Waals surface area contributed by atoms with Crippen LogP contribution in [0.5, 0.6) is 5.75 Å². The molecule has 2 rings (SSSR count). The van der Waals surface area contributed by atoms with Crippen LogP contribution in [-0.4, -0.2) is 25.2 Å². The molecular weight excluding hydrogens is 260 g/mol. The average Bonchev–Trinajstić information content (AvgIpc) is 2.94. The third-order valence-electron chi connectivity index (χ3n) is 3.05. The van der Waals surface area contributed by atoms with Crippen molar-refractivity contribution in [2.45, 2.75) is 31.8 Å². The van der Waals surface area contributed by atoms with Gasteiger partial charge in [0, 0.05) is 25.3 Å². The van der Waals surface area contributed by atoms with Crippen LogP contribution in [0.15, 0.2) is 24.3 Å². The second-order valence-electron chi connectivity index (χ2n) is 4.51. The summed E-state index contributed by atoms with van der Waals surface area (Å²) >= 11 is 5.62. The van der Waals surface area contributed by atoms with Crippen molar-refractivity contribution in [3.05, 3.63) is 29.8 Å². The molecule has 0 bridgehead atoms. The fourth-order valence-electron chi connectivity index (χ4n) is 2.07. The minimum absolute atomic E-state index is 0.370. The van der Waals surface area contributed by atoms with E-state index in [9.17, 15) is 0 Å². The highest BCUT2D eigenvalue weighted by Gasteiger charge is 2.15. The average molecular weight is 279 g/mol. The zero-order chi connectivity index (χ0) is 13.3. The predicted octanol–water partition coefficient (Wildman–Crippen LogP) is 3.61. The first kappa shape index (κ1) is 14.2. The van der Waals surface area contributed by atoms with E-state index in [1.54, 1.807) is 0 Å². The summed E-state index contributed by atoms with van der Waals surface area (Å²) in [5.74, 6) is 7.55. The normalized spacial score (nSPS) is 17.8. The van der Waals surface area contributed by atoms with Gasteiger partial charge in [0.2, 0.25) is 0 Å². The van der Waals surface area contributed by atoms with E-state index in [4.69, 9.17) is 21.1 Å². The highest BCUT2D eigenvalue weighted by Crippen LogP contribution is 2.19. The van der Waals surface area contributed by atoms with Gasteiger partial charge in [0.15, 0.2) is 0 Å². The largest absolute Gasteiger partial charge is 0.492 e. The maximum atomic E-state index is 5.81. The van der Waals surface area contributed by atoms with E-state index in [1.165, 1.54) is 6.42 Å². The summed E-state index contributed by atoms with van der Waals surface area (Å²) in [6.45, 7) is 1.57. The molecule has 2 nitrogen and oxygen atoms in total. The van der Waals surface area contributed by atoms with Crippen LogP contribution >= 0.6 is 11.6 Å².